The van der Waals surface area contributed by atoms with Crippen LogP contribution in [0, 0.1) is 11.6 Å². The Morgan fingerprint density at radius 2 is 2.00 bits per heavy atom. The molecule has 1 unspecified atom stereocenters. The second-order valence-corrected chi connectivity index (χ2v) is 5.72. The molecule has 1 aliphatic rings. The minimum absolute atomic E-state index is 0.152. The van der Waals surface area contributed by atoms with Crippen molar-refractivity contribution in [1.82, 2.24) is 5.32 Å². The van der Waals surface area contributed by atoms with Crippen LogP contribution >= 0.6 is 0 Å². The highest BCUT2D eigenvalue weighted by Crippen LogP contribution is 2.26. The molecule has 3 rings (SSSR count). The molecule has 0 aromatic heterocycles. The Morgan fingerprint density at radius 1 is 1.22 bits per heavy atom. The first-order chi connectivity index (χ1) is 11.1. The van der Waals surface area contributed by atoms with Gasteiger partial charge in [0.15, 0.2) is 0 Å². The molecule has 5 heteroatoms. The maximum Gasteiger partial charge on any atom is 0.231 e. The third kappa shape index (κ3) is 3.10. The maximum atomic E-state index is 14.5. The molecule has 0 aliphatic carbocycles. The monoisotopic (exact) mass is 316 g/mol. The standard InChI is InChI=1S/C18H18F2N2O/c1-11(13-4-2-3-5-15(13)19)18(23)22-16-7-6-12-10-21-9-8-14(12)17(16)20/h2-7,11,21H,8-10H2,1H3,(H,22,23). The molecule has 2 aromatic rings. The lowest BCUT2D eigenvalue weighted by Crippen LogP contribution is -2.26. The molecule has 0 saturated heterocycles. The summed E-state index contributed by atoms with van der Waals surface area (Å²) in [7, 11) is 0. The van der Waals surface area contributed by atoms with Gasteiger partial charge in [0.1, 0.15) is 11.6 Å². The Kier molecular flexibility index (Phi) is 4.39. The zero-order valence-electron chi connectivity index (χ0n) is 12.8. The zero-order valence-corrected chi connectivity index (χ0v) is 12.8. The number of nitrogens with one attached hydrogen (secondary N) is 2. The summed E-state index contributed by atoms with van der Waals surface area (Å²) in [6, 6.07) is 9.50. The topological polar surface area (TPSA) is 41.1 Å². The first-order valence-electron chi connectivity index (χ1n) is 7.64. The molecule has 3 nitrogen and oxygen atoms in total. The molecule has 1 amide bonds. The third-order valence-electron chi connectivity index (χ3n) is 4.23. The molecule has 1 heterocycles. The van der Waals surface area contributed by atoms with Gasteiger partial charge in [0.25, 0.3) is 0 Å². The maximum absolute atomic E-state index is 14.5. The lowest BCUT2D eigenvalue weighted by atomic mass is 9.98. The summed E-state index contributed by atoms with van der Waals surface area (Å²) in [6.45, 7) is 2.95. The van der Waals surface area contributed by atoms with Gasteiger partial charge in [-0.1, -0.05) is 24.3 Å². The second-order valence-electron chi connectivity index (χ2n) is 5.72. The molecule has 0 saturated carbocycles. The molecule has 0 spiro atoms. The number of carbonyl (C=O) groups is 1. The highest BCUT2D eigenvalue weighted by Gasteiger charge is 2.22. The number of rotatable bonds is 3. The van der Waals surface area contributed by atoms with Crippen molar-refractivity contribution < 1.29 is 13.6 Å². The summed E-state index contributed by atoms with van der Waals surface area (Å²) in [5.41, 5.74) is 2.00. The van der Waals surface area contributed by atoms with Crippen LogP contribution in [-0.2, 0) is 17.8 Å². The average Bonchev–Trinajstić information content (AvgIpc) is 2.57. The highest BCUT2D eigenvalue weighted by atomic mass is 19.1. The molecule has 2 aromatic carbocycles. The first-order valence-corrected chi connectivity index (χ1v) is 7.64. The average molecular weight is 316 g/mol. The highest BCUT2D eigenvalue weighted by molar-refractivity contribution is 5.95. The molecule has 0 fully saturated rings. The van der Waals surface area contributed by atoms with Gasteiger partial charge in [0, 0.05) is 6.54 Å². The first kappa shape index (κ1) is 15.6. The Labute approximate surface area is 133 Å². The summed E-state index contributed by atoms with van der Waals surface area (Å²) in [5.74, 6) is -1.96. The van der Waals surface area contributed by atoms with Crippen molar-refractivity contribution in [3.8, 4) is 0 Å². The van der Waals surface area contributed by atoms with Crippen molar-refractivity contribution in [3.05, 3.63) is 64.7 Å². The lowest BCUT2D eigenvalue weighted by Gasteiger charge is -2.20. The Bertz CT molecular complexity index is 746. The number of hydrogen-bond acceptors (Lipinski definition) is 2. The van der Waals surface area contributed by atoms with Gasteiger partial charge in [-0.2, -0.15) is 0 Å². The van der Waals surface area contributed by atoms with E-state index in [-0.39, 0.29) is 5.69 Å². The molecule has 23 heavy (non-hydrogen) atoms. The predicted molar refractivity (Wildman–Crippen MR) is 85.3 cm³/mol. The van der Waals surface area contributed by atoms with Crippen LogP contribution in [0.5, 0.6) is 0 Å². The van der Waals surface area contributed by atoms with Crippen LogP contribution < -0.4 is 10.6 Å². The molecular weight excluding hydrogens is 298 g/mol. The van der Waals surface area contributed by atoms with Crippen molar-refractivity contribution >= 4 is 11.6 Å². The molecule has 0 radical (unpaired) electrons. The van der Waals surface area contributed by atoms with Crippen LogP contribution in [-0.4, -0.2) is 12.5 Å². The largest absolute Gasteiger partial charge is 0.323 e. The number of fused-ring (bicyclic) bond motifs is 1. The van der Waals surface area contributed by atoms with Gasteiger partial charge in [-0.15, -0.1) is 0 Å². The zero-order chi connectivity index (χ0) is 16.4. The van der Waals surface area contributed by atoms with E-state index < -0.39 is 23.5 Å². The number of hydrogen-bond donors (Lipinski definition) is 2. The van der Waals surface area contributed by atoms with E-state index in [1.54, 1.807) is 31.2 Å². The van der Waals surface area contributed by atoms with Crippen LogP contribution in [0.25, 0.3) is 0 Å². The van der Waals surface area contributed by atoms with Crippen molar-refractivity contribution in [2.75, 3.05) is 11.9 Å². The Morgan fingerprint density at radius 3 is 2.78 bits per heavy atom. The summed E-state index contributed by atoms with van der Waals surface area (Å²) < 4.78 is 28.3. The molecule has 1 atom stereocenters. The second kappa shape index (κ2) is 6.46. The Hall–Kier alpha value is -2.27. The van der Waals surface area contributed by atoms with E-state index in [0.717, 1.165) is 5.56 Å². The molecule has 0 bridgehead atoms. The van der Waals surface area contributed by atoms with Gasteiger partial charge in [0.05, 0.1) is 11.6 Å². The van der Waals surface area contributed by atoms with E-state index in [9.17, 15) is 13.6 Å². The van der Waals surface area contributed by atoms with E-state index in [2.05, 4.69) is 10.6 Å². The van der Waals surface area contributed by atoms with Crippen LogP contribution in [0.1, 0.15) is 29.5 Å². The normalized spacial score (nSPS) is 14.9. The number of halogens is 2. The number of benzene rings is 2. The SMILES string of the molecule is CC(C(=O)Nc1ccc2c(c1F)CCNC2)c1ccccc1F. The van der Waals surface area contributed by atoms with Gasteiger partial charge in [-0.05, 0) is 48.7 Å². The van der Waals surface area contributed by atoms with Crippen LogP contribution in [0.15, 0.2) is 36.4 Å². The summed E-state index contributed by atoms with van der Waals surface area (Å²) in [6.07, 6.45) is 0.591. The number of anilines is 1. The molecule has 1 aliphatic heterocycles. The minimum atomic E-state index is -0.701. The smallest absolute Gasteiger partial charge is 0.231 e. The summed E-state index contributed by atoms with van der Waals surface area (Å²) in [5, 5.41) is 5.76. The van der Waals surface area contributed by atoms with Gasteiger partial charge >= 0.3 is 0 Å². The Balaban J connectivity index is 1.82. The van der Waals surface area contributed by atoms with E-state index in [1.165, 1.54) is 6.07 Å². The molecular formula is C18H18F2N2O. The molecule has 120 valence electrons. The van der Waals surface area contributed by atoms with Gasteiger partial charge < -0.3 is 10.6 Å². The third-order valence-corrected chi connectivity index (χ3v) is 4.23. The van der Waals surface area contributed by atoms with E-state index >= 15 is 0 Å². The van der Waals surface area contributed by atoms with Crippen molar-refractivity contribution in [1.29, 1.82) is 0 Å². The van der Waals surface area contributed by atoms with E-state index in [0.29, 0.717) is 30.6 Å². The van der Waals surface area contributed by atoms with E-state index in [1.807, 2.05) is 6.07 Å². The van der Waals surface area contributed by atoms with Crippen LogP contribution in [0.4, 0.5) is 14.5 Å². The lowest BCUT2D eigenvalue weighted by molar-refractivity contribution is -0.117. The van der Waals surface area contributed by atoms with Crippen molar-refractivity contribution in [3.63, 3.8) is 0 Å². The predicted octanol–water partition coefficient (Wildman–Crippen LogP) is 3.35. The fourth-order valence-corrected chi connectivity index (χ4v) is 2.84. The number of carbonyl (C=O) groups excluding carboxylic acids is 1. The van der Waals surface area contributed by atoms with Crippen LogP contribution in [0.2, 0.25) is 0 Å². The van der Waals surface area contributed by atoms with Crippen LogP contribution in [0.3, 0.4) is 0 Å². The number of amides is 1. The summed E-state index contributed by atoms with van der Waals surface area (Å²) >= 11 is 0. The molecule has 2 N–H and O–H groups in total. The quantitative estimate of drug-likeness (QED) is 0.912. The van der Waals surface area contributed by atoms with Gasteiger partial charge in [0.2, 0.25) is 5.91 Å². The van der Waals surface area contributed by atoms with Crippen molar-refractivity contribution in [2.24, 2.45) is 0 Å². The van der Waals surface area contributed by atoms with Crippen molar-refractivity contribution in [2.45, 2.75) is 25.8 Å². The minimum Gasteiger partial charge on any atom is -0.323 e. The fourth-order valence-electron chi connectivity index (χ4n) is 2.84. The fraction of sp³-hybridized carbons (Fsp3) is 0.278. The summed E-state index contributed by atoms with van der Waals surface area (Å²) in [4.78, 5) is 12.3. The van der Waals surface area contributed by atoms with E-state index in [4.69, 9.17) is 0 Å². The van der Waals surface area contributed by atoms with Gasteiger partial charge in [-0.25, -0.2) is 8.78 Å². The van der Waals surface area contributed by atoms with Gasteiger partial charge in [-0.3, -0.25) is 4.79 Å².